The lowest BCUT2D eigenvalue weighted by Gasteiger charge is -2.22. The third-order valence-corrected chi connectivity index (χ3v) is 5.84. The molecule has 0 atom stereocenters. The molecule has 0 bridgehead atoms. The van der Waals surface area contributed by atoms with Crippen LogP contribution < -0.4 is 10.2 Å². The van der Waals surface area contributed by atoms with E-state index >= 15 is 0 Å². The highest BCUT2D eigenvalue weighted by Gasteiger charge is 2.29. The molecule has 1 saturated heterocycles. The summed E-state index contributed by atoms with van der Waals surface area (Å²) in [6.07, 6.45) is 4.60. The fourth-order valence-corrected chi connectivity index (χ4v) is 4.12. The van der Waals surface area contributed by atoms with Gasteiger partial charge < -0.3 is 15.2 Å². The number of carbonyl (C=O) groups is 1. The normalized spacial score (nSPS) is 15.4. The molecule has 0 spiro atoms. The number of H-pyrrole nitrogens is 1. The third kappa shape index (κ3) is 3.89. The molecule has 1 aliphatic heterocycles. The van der Waals surface area contributed by atoms with Crippen LogP contribution in [0, 0.1) is 5.41 Å². The average Bonchev–Trinajstić information content (AvgIpc) is 3.37. The largest absolute Gasteiger partial charge is 0.371 e. The molecule has 2 aromatic carbocycles. The summed E-state index contributed by atoms with van der Waals surface area (Å²) in [5.74, 6) is -0.211. The van der Waals surface area contributed by atoms with E-state index in [0.29, 0.717) is 22.1 Å². The minimum Gasteiger partial charge on any atom is -0.371 e. The van der Waals surface area contributed by atoms with Crippen LogP contribution in [0.3, 0.4) is 0 Å². The summed E-state index contributed by atoms with van der Waals surface area (Å²) < 4.78 is 0. The Bertz CT molecular complexity index is 1250. The van der Waals surface area contributed by atoms with Crippen LogP contribution in [0.1, 0.15) is 30.6 Å². The third-order valence-electron chi connectivity index (χ3n) is 5.84. The second-order valence-electron chi connectivity index (χ2n) is 8.86. The van der Waals surface area contributed by atoms with Crippen LogP contribution in [0.5, 0.6) is 0 Å². The number of rotatable bonds is 4. The van der Waals surface area contributed by atoms with Crippen molar-refractivity contribution in [2.75, 3.05) is 23.3 Å². The van der Waals surface area contributed by atoms with Crippen molar-refractivity contribution < 1.29 is 4.79 Å². The van der Waals surface area contributed by atoms with Crippen LogP contribution in [-0.2, 0) is 0 Å². The number of aromatic nitrogens is 3. The van der Waals surface area contributed by atoms with E-state index in [1.807, 2.05) is 36.4 Å². The molecule has 6 nitrogen and oxygen atoms in total. The summed E-state index contributed by atoms with van der Waals surface area (Å²) >= 11 is 0. The highest BCUT2D eigenvalue weighted by atomic mass is 16.1. The molecule has 3 heterocycles. The summed E-state index contributed by atoms with van der Waals surface area (Å²) in [5, 5.41) is 2.92. The van der Waals surface area contributed by atoms with E-state index in [4.69, 9.17) is 4.98 Å². The molecular weight excluding hydrogens is 386 g/mol. The first-order valence-corrected chi connectivity index (χ1v) is 10.5. The molecule has 5 rings (SSSR count). The number of hydrogen-bond donors (Lipinski definition) is 2. The number of hydrogen-bond acceptors (Lipinski definition) is 4. The van der Waals surface area contributed by atoms with Gasteiger partial charge in [-0.25, -0.2) is 9.97 Å². The summed E-state index contributed by atoms with van der Waals surface area (Å²) in [7, 11) is 0. The van der Waals surface area contributed by atoms with Crippen molar-refractivity contribution in [2.45, 2.75) is 20.3 Å². The van der Waals surface area contributed by atoms with E-state index in [9.17, 15) is 4.79 Å². The van der Waals surface area contributed by atoms with Crippen molar-refractivity contribution in [1.29, 1.82) is 0 Å². The van der Waals surface area contributed by atoms with Gasteiger partial charge in [-0.15, -0.1) is 0 Å². The fraction of sp³-hybridized carbons (Fsp3) is 0.240. The van der Waals surface area contributed by atoms with Gasteiger partial charge in [0, 0.05) is 36.2 Å². The van der Waals surface area contributed by atoms with Crippen molar-refractivity contribution in [2.24, 2.45) is 5.41 Å². The molecule has 4 aromatic rings. The Morgan fingerprint density at radius 3 is 2.74 bits per heavy atom. The van der Waals surface area contributed by atoms with Crippen LogP contribution in [0.15, 0.2) is 67.0 Å². The van der Waals surface area contributed by atoms with Gasteiger partial charge >= 0.3 is 0 Å². The summed E-state index contributed by atoms with van der Waals surface area (Å²) in [5.41, 5.74) is 5.66. The smallest absolute Gasteiger partial charge is 0.259 e. The fourth-order valence-electron chi connectivity index (χ4n) is 4.12. The first kappa shape index (κ1) is 19.3. The highest BCUT2D eigenvalue weighted by Crippen LogP contribution is 2.34. The molecule has 0 saturated carbocycles. The SMILES string of the molecule is CC1(C)CCN(c2cccc(-c3cnc4[nH]cc(C(=O)Nc5ccccc5)c4n3)c2)C1. The van der Waals surface area contributed by atoms with E-state index < -0.39 is 0 Å². The average molecular weight is 412 g/mol. The quantitative estimate of drug-likeness (QED) is 0.489. The van der Waals surface area contributed by atoms with Crippen LogP contribution in [-0.4, -0.2) is 33.9 Å². The monoisotopic (exact) mass is 411 g/mol. The van der Waals surface area contributed by atoms with Gasteiger partial charge in [0.2, 0.25) is 0 Å². The molecule has 0 radical (unpaired) electrons. The number of nitrogens with one attached hydrogen (secondary N) is 2. The second-order valence-corrected chi connectivity index (χ2v) is 8.86. The number of carbonyl (C=O) groups excluding carboxylic acids is 1. The summed E-state index contributed by atoms with van der Waals surface area (Å²) in [6.45, 7) is 6.72. The van der Waals surface area contributed by atoms with E-state index in [-0.39, 0.29) is 5.91 Å². The van der Waals surface area contributed by atoms with Gasteiger partial charge in [0.05, 0.1) is 17.5 Å². The Morgan fingerprint density at radius 2 is 1.97 bits per heavy atom. The highest BCUT2D eigenvalue weighted by molar-refractivity contribution is 6.11. The lowest BCUT2D eigenvalue weighted by Crippen LogP contribution is -2.22. The van der Waals surface area contributed by atoms with Gasteiger partial charge in [-0.1, -0.05) is 44.2 Å². The topological polar surface area (TPSA) is 73.9 Å². The minimum atomic E-state index is -0.211. The molecule has 1 aliphatic rings. The molecule has 1 amide bonds. The number of nitrogens with zero attached hydrogens (tertiary/aromatic N) is 3. The Kier molecular flexibility index (Phi) is 4.70. The van der Waals surface area contributed by atoms with Gasteiger partial charge in [0.25, 0.3) is 5.91 Å². The van der Waals surface area contributed by atoms with Crippen molar-refractivity contribution in [3.8, 4) is 11.3 Å². The van der Waals surface area contributed by atoms with Gasteiger partial charge in [-0.3, -0.25) is 4.79 Å². The van der Waals surface area contributed by atoms with Crippen molar-refractivity contribution in [1.82, 2.24) is 15.0 Å². The predicted octanol–water partition coefficient (Wildman–Crippen LogP) is 5.11. The first-order valence-electron chi connectivity index (χ1n) is 10.5. The molecule has 1 fully saturated rings. The Hall–Kier alpha value is -3.67. The van der Waals surface area contributed by atoms with Crippen LogP contribution in [0.25, 0.3) is 22.4 Å². The zero-order valence-corrected chi connectivity index (χ0v) is 17.7. The van der Waals surface area contributed by atoms with E-state index in [2.05, 4.69) is 52.2 Å². The van der Waals surface area contributed by atoms with E-state index in [1.165, 1.54) is 12.1 Å². The zero-order chi connectivity index (χ0) is 21.4. The van der Waals surface area contributed by atoms with Gasteiger partial charge in [-0.05, 0) is 36.1 Å². The van der Waals surface area contributed by atoms with Gasteiger partial charge in [0.1, 0.15) is 5.52 Å². The molecule has 2 aromatic heterocycles. The molecule has 2 N–H and O–H groups in total. The minimum absolute atomic E-state index is 0.211. The summed E-state index contributed by atoms with van der Waals surface area (Å²) in [6, 6.07) is 17.8. The van der Waals surface area contributed by atoms with Crippen molar-refractivity contribution in [3.05, 3.63) is 72.6 Å². The molecule has 156 valence electrons. The van der Waals surface area contributed by atoms with E-state index in [0.717, 1.165) is 30.0 Å². The van der Waals surface area contributed by atoms with Crippen molar-refractivity contribution in [3.63, 3.8) is 0 Å². The maximum absolute atomic E-state index is 12.8. The summed E-state index contributed by atoms with van der Waals surface area (Å²) in [4.78, 5) is 27.6. The Morgan fingerprint density at radius 1 is 1.13 bits per heavy atom. The number of benzene rings is 2. The van der Waals surface area contributed by atoms with Crippen LogP contribution in [0.2, 0.25) is 0 Å². The predicted molar refractivity (Wildman–Crippen MR) is 124 cm³/mol. The lowest BCUT2D eigenvalue weighted by molar-refractivity contribution is 0.102. The van der Waals surface area contributed by atoms with Gasteiger partial charge in [-0.2, -0.15) is 0 Å². The number of aromatic amines is 1. The zero-order valence-electron chi connectivity index (χ0n) is 17.7. The Balaban J connectivity index is 1.46. The maximum atomic E-state index is 12.8. The number of amides is 1. The van der Waals surface area contributed by atoms with Crippen LogP contribution >= 0.6 is 0 Å². The van der Waals surface area contributed by atoms with Gasteiger partial charge in [0.15, 0.2) is 5.65 Å². The standard InChI is InChI=1S/C25H25N5O/c1-25(2)11-12-30(16-25)19-10-6-7-17(13-19)21-15-27-23-22(29-21)20(14-26-23)24(31)28-18-8-4-3-5-9-18/h3-10,13-15H,11-12,16H2,1-2H3,(H,26,27)(H,28,31). The molecule has 6 heteroatoms. The second kappa shape index (κ2) is 7.54. The van der Waals surface area contributed by atoms with Crippen molar-refractivity contribution >= 4 is 28.4 Å². The number of fused-ring (bicyclic) bond motifs is 1. The first-order chi connectivity index (χ1) is 15.0. The Labute approximate surface area is 181 Å². The maximum Gasteiger partial charge on any atom is 0.259 e. The molecule has 0 unspecified atom stereocenters. The molecule has 31 heavy (non-hydrogen) atoms. The number of para-hydroxylation sites is 1. The number of anilines is 2. The molecular formula is C25H25N5O. The van der Waals surface area contributed by atoms with E-state index in [1.54, 1.807) is 12.4 Å². The lowest BCUT2D eigenvalue weighted by atomic mass is 9.93. The molecule has 0 aliphatic carbocycles. The van der Waals surface area contributed by atoms with Crippen LogP contribution in [0.4, 0.5) is 11.4 Å².